The number of nitrogens with one attached hydrogen (secondary N) is 3. The number of carboxylic acids is 1. The van der Waals surface area contributed by atoms with Crippen molar-refractivity contribution in [1.29, 1.82) is 0 Å². The fourth-order valence-corrected chi connectivity index (χ4v) is 3.05. The molecule has 0 aliphatic rings. The van der Waals surface area contributed by atoms with Crippen molar-refractivity contribution in [2.24, 2.45) is 39.6 Å². The minimum atomic E-state index is -1.67. The van der Waals surface area contributed by atoms with Crippen molar-refractivity contribution in [2.45, 2.75) is 76.5 Å². The highest BCUT2D eigenvalue weighted by Crippen LogP contribution is 2.08. The van der Waals surface area contributed by atoms with E-state index in [1.165, 1.54) is 0 Å². The topological polar surface area (TPSA) is 301 Å². The van der Waals surface area contributed by atoms with Crippen molar-refractivity contribution in [3.63, 3.8) is 0 Å². The Morgan fingerprint density at radius 2 is 1.32 bits per heavy atom. The summed E-state index contributed by atoms with van der Waals surface area (Å²) in [5.74, 6) is -6.02. The SMILES string of the molecule is CCC(C)C(N)C(=O)NC(CCCN=C(N)N)C(=O)NC(CCC(N)=O)C(=O)NC(CC(N)=O)C(=O)O. The molecular formula is C21H39N9O7. The van der Waals surface area contributed by atoms with Gasteiger partial charge in [0.25, 0.3) is 0 Å². The van der Waals surface area contributed by atoms with Gasteiger partial charge in [-0.2, -0.15) is 0 Å². The van der Waals surface area contributed by atoms with Gasteiger partial charge in [0.15, 0.2) is 5.96 Å². The summed E-state index contributed by atoms with van der Waals surface area (Å²) in [6, 6.07) is -5.16. The number of carboxylic acid groups (broad SMARTS) is 1. The number of aliphatic carboxylic acids is 1. The number of rotatable bonds is 18. The monoisotopic (exact) mass is 529 g/mol. The summed E-state index contributed by atoms with van der Waals surface area (Å²) in [7, 11) is 0. The Labute approximate surface area is 214 Å². The van der Waals surface area contributed by atoms with Gasteiger partial charge in [-0.3, -0.25) is 29.0 Å². The van der Waals surface area contributed by atoms with Gasteiger partial charge in [-0.15, -0.1) is 0 Å². The molecule has 0 saturated heterocycles. The first-order valence-electron chi connectivity index (χ1n) is 11.7. The number of carbonyl (C=O) groups excluding carboxylic acids is 5. The molecule has 0 heterocycles. The molecule has 5 atom stereocenters. The fourth-order valence-electron chi connectivity index (χ4n) is 3.05. The molecule has 14 N–H and O–H groups in total. The lowest BCUT2D eigenvalue weighted by molar-refractivity contribution is -0.144. The van der Waals surface area contributed by atoms with Crippen LogP contribution < -0.4 is 44.6 Å². The lowest BCUT2D eigenvalue weighted by atomic mass is 9.98. The number of carbonyl (C=O) groups is 6. The molecule has 0 saturated carbocycles. The average Bonchev–Trinajstić information content (AvgIpc) is 2.80. The second-order valence-corrected chi connectivity index (χ2v) is 8.56. The molecule has 0 radical (unpaired) electrons. The molecule has 16 nitrogen and oxygen atoms in total. The molecule has 0 fully saturated rings. The normalized spacial score (nSPS) is 14.7. The first-order valence-corrected chi connectivity index (χ1v) is 11.7. The Morgan fingerprint density at radius 3 is 1.78 bits per heavy atom. The maximum atomic E-state index is 13.1. The van der Waals surface area contributed by atoms with E-state index in [1.54, 1.807) is 6.92 Å². The molecule has 0 aliphatic heterocycles. The fraction of sp³-hybridized carbons (Fsp3) is 0.667. The molecule has 37 heavy (non-hydrogen) atoms. The molecule has 0 aromatic heterocycles. The Morgan fingerprint density at radius 1 is 0.811 bits per heavy atom. The van der Waals surface area contributed by atoms with Crippen molar-refractivity contribution >= 4 is 41.5 Å². The lowest BCUT2D eigenvalue weighted by Gasteiger charge is -2.26. The highest BCUT2D eigenvalue weighted by Gasteiger charge is 2.31. The van der Waals surface area contributed by atoms with Crippen LogP contribution in [0.1, 0.15) is 52.4 Å². The zero-order chi connectivity index (χ0) is 28.7. The zero-order valence-corrected chi connectivity index (χ0v) is 21.1. The Bertz CT molecular complexity index is 861. The first-order chi connectivity index (χ1) is 17.2. The van der Waals surface area contributed by atoms with Crippen molar-refractivity contribution in [1.82, 2.24) is 16.0 Å². The summed E-state index contributed by atoms with van der Waals surface area (Å²) in [6.45, 7) is 3.77. The van der Waals surface area contributed by atoms with Gasteiger partial charge in [0.2, 0.25) is 29.5 Å². The minimum absolute atomic E-state index is 0.0607. The van der Waals surface area contributed by atoms with Crippen LogP contribution in [0, 0.1) is 5.92 Å². The number of aliphatic imine (C=N–C) groups is 1. The number of nitrogens with two attached hydrogens (primary N) is 5. The molecule has 0 aliphatic carbocycles. The molecule has 0 rings (SSSR count). The lowest BCUT2D eigenvalue weighted by Crippen LogP contribution is -2.58. The van der Waals surface area contributed by atoms with E-state index in [0.29, 0.717) is 6.42 Å². The molecule has 0 aromatic rings. The molecule has 210 valence electrons. The van der Waals surface area contributed by atoms with E-state index in [-0.39, 0.29) is 44.1 Å². The maximum absolute atomic E-state index is 13.1. The summed E-state index contributed by atoms with van der Waals surface area (Å²) in [5, 5.41) is 16.3. The van der Waals surface area contributed by atoms with Crippen LogP contribution in [0.4, 0.5) is 0 Å². The average molecular weight is 530 g/mol. The van der Waals surface area contributed by atoms with Crippen LogP contribution in [-0.2, 0) is 28.8 Å². The summed E-state index contributed by atoms with van der Waals surface area (Å²) in [4.78, 5) is 76.1. The molecular weight excluding hydrogens is 490 g/mol. The quantitative estimate of drug-likeness (QED) is 0.0472. The number of hydrogen-bond donors (Lipinski definition) is 9. The highest BCUT2D eigenvalue weighted by atomic mass is 16.4. The highest BCUT2D eigenvalue weighted by molar-refractivity contribution is 5.95. The molecule has 5 amide bonds. The van der Waals surface area contributed by atoms with Gasteiger partial charge in [-0.1, -0.05) is 20.3 Å². The predicted octanol–water partition coefficient (Wildman–Crippen LogP) is -3.91. The van der Waals surface area contributed by atoms with E-state index in [9.17, 15) is 33.9 Å². The van der Waals surface area contributed by atoms with Crippen LogP contribution >= 0.6 is 0 Å². The summed E-state index contributed by atoms with van der Waals surface area (Å²) < 4.78 is 0. The van der Waals surface area contributed by atoms with Crippen LogP contribution in [0.15, 0.2) is 4.99 Å². The van der Waals surface area contributed by atoms with Crippen LogP contribution in [0.2, 0.25) is 0 Å². The number of guanidine groups is 1. The summed E-state index contributed by atoms with van der Waals surface area (Å²) >= 11 is 0. The van der Waals surface area contributed by atoms with E-state index in [0.717, 1.165) is 0 Å². The third-order valence-corrected chi connectivity index (χ3v) is 5.47. The van der Waals surface area contributed by atoms with E-state index < -0.39 is 66.1 Å². The van der Waals surface area contributed by atoms with Crippen molar-refractivity contribution in [2.75, 3.05) is 6.54 Å². The smallest absolute Gasteiger partial charge is 0.326 e. The molecule has 0 aromatic carbocycles. The predicted molar refractivity (Wildman–Crippen MR) is 133 cm³/mol. The third-order valence-electron chi connectivity index (χ3n) is 5.47. The van der Waals surface area contributed by atoms with Gasteiger partial charge in [-0.05, 0) is 25.2 Å². The molecule has 0 bridgehead atoms. The standard InChI is InChI=1S/C21H39N9O7/c1-3-10(2)16(24)19(35)29-11(5-4-8-27-21(25)26)17(33)28-12(6-7-14(22)31)18(34)30-13(20(36)37)9-15(23)32/h10-13,16H,3-9,24H2,1-2H3,(H2,22,31)(H2,23,32)(H,28,33)(H,29,35)(H,30,34)(H,36,37)(H4,25,26,27). The van der Waals surface area contributed by atoms with Gasteiger partial charge in [0.05, 0.1) is 12.5 Å². The maximum Gasteiger partial charge on any atom is 0.326 e. The van der Waals surface area contributed by atoms with Crippen molar-refractivity contribution in [3.8, 4) is 0 Å². The number of amides is 5. The Hall–Kier alpha value is -3.95. The number of nitrogens with zero attached hydrogens (tertiary/aromatic N) is 1. The van der Waals surface area contributed by atoms with Crippen molar-refractivity contribution < 1.29 is 33.9 Å². The van der Waals surface area contributed by atoms with Gasteiger partial charge in [0, 0.05) is 13.0 Å². The van der Waals surface area contributed by atoms with Crippen LogP contribution in [0.5, 0.6) is 0 Å². The first kappa shape index (κ1) is 33.0. The van der Waals surface area contributed by atoms with E-state index in [1.807, 2.05) is 6.92 Å². The minimum Gasteiger partial charge on any atom is -0.480 e. The molecule has 0 spiro atoms. The summed E-state index contributed by atoms with van der Waals surface area (Å²) in [6.07, 6.45) is -0.364. The van der Waals surface area contributed by atoms with Gasteiger partial charge < -0.3 is 49.7 Å². The van der Waals surface area contributed by atoms with Crippen LogP contribution in [-0.4, -0.2) is 77.3 Å². The Kier molecular flexibility index (Phi) is 14.9. The van der Waals surface area contributed by atoms with E-state index >= 15 is 0 Å². The number of hydrogen-bond acceptors (Lipinski definition) is 8. The van der Waals surface area contributed by atoms with Crippen LogP contribution in [0.25, 0.3) is 0 Å². The largest absolute Gasteiger partial charge is 0.480 e. The Balaban J connectivity index is 5.74. The third kappa shape index (κ3) is 13.6. The van der Waals surface area contributed by atoms with E-state index in [2.05, 4.69) is 20.9 Å². The zero-order valence-electron chi connectivity index (χ0n) is 21.1. The van der Waals surface area contributed by atoms with Gasteiger partial charge >= 0.3 is 5.97 Å². The van der Waals surface area contributed by atoms with Gasteiger partial charge in [-0.25, -0.2) is 4.79 Å². The second kappa shape index (κ2) is 16.7. The molecule has 5 unspecified atom stereocenters. The number of primary amides is 2. The van der Waals surface area contributed by atoms with E-state index in [4.69, 9.17) is 28.7 Å². The molecule has 16 heteroatoms. The van der Waals surface area contributed by atoms with Gasteiger partial charge in [0.1, 0.15) is 18.1 Å². The second-order valence-electron chi connectivity index (χ2n) is 8.56. The van der Waals surface area contributed by atoms with Crippen LogP contribution in [0.3, 0.4) is 0 Å². The summed E-state index contributed by atoms with van der Waals surface area (Å²) in [5.41, 5.74) is 26.7. The van der Waals surface area contributed by atoms with Crippen molar-refractivity contribution in [3.05, 3.63) is 0 Å².